The lowest BCUT2D eigenvalue weighted by Gasteiger charge is -2.38. The molecule has 0 amide bonds. The minimum atomic E-state index is -0.605. The first-order chi connectivity index (χ1) is 12.8. The predicted octanol–water partition coefficient (Wildman–Crippen LogP) is 5.96. The van der Waals surface area contributed by atoms with Crippen molar-refractivity contribution in [2.45, 2.75) is 0 Å². The van der Waals surface area contributed by atoms with E-state index in [1.807, 2.05) is 12.2 Å². The van der Waals surface area contributed by atoms with Crippen LogP contribution in [-0.2, 0) is 0 Å². The third-order valence-corrected chi connectivity index (χ3v) is 5.95. The van der Waals surface area contributed by atoms with E-state index in [-0.39, 0.29) is 0 Å². The number of hydrogen-bond donors (Lipinski definition) is 1. The molecule has 4 aliphatic carbocycles. The molecule has 1 nitrogen and oxygen atoms in total. The van der Waals surface area contributed by atoms with E-state index in [2.05, 4.69) is 78.9 Å². The van der Waals surface area contributed by atoms with Crippen LogP contribution in [-0.4, -0.2) is 5.11 Å². The molecule has 0 bridgehead atoms. The summed E-state index contributed by atoms with van der Waals surface area (Å²) in [5.41, 5.74) is 9.07. The zero-order valence-corrected chi connectivity index (χ0v) is 14.1. The normalized spacial score (nSPS) is 23.9. The third kappa shape index (κ3) is 1.52. The minimum absolute atomic E-state index is 0.390. The van der Waals surface area contributed by atoms with E-state index < -0.39 is 5.41 Å². The summed E-state index contributed by atoms with van der Waals surface area (Å²) in [4.78, 5) is 0. The minimum Gasteiger partial charge on any atom is -0.511 e. The SMILES string of the molecule is OC1=CC=C2C(=Cc3ccccc32)C12C=CC=C1C2=Cc2ccccc21. The summed E-state index contributed by atoms with van der Waals surface area (Å²) in [5, 5.41) is 11.1. The molecule has 26 heavy (non-hydrogen) atoms. The maximum Gasteiger partial charge on any atom is 0.111 e. The zero-order valence-electron chi connectivity index (χ0n) is 14.1. The van der Waals surface area contributed by atoms with Gasteiger partial charge in [-0.15, -0.1) is 0 Å². The molecular weight excluding hydrogens is 316 g/mol. The van der Waals surface area contributed by atoms with E-state index in [9.17, 15) is 5.11 Å². The van der Waals surface area contributed by atoms with Crippen LogP contribution >= 0.6 is 0 Å². The van der Waals surface area contributed by atoms with Crippen LogP contribution in [0.5, 0.6) is 0 Å². The summed E-state index contributed by atoms with van der Waals surface area (Å²) in [6, 6.07) is 16.9. The van der Waals surface area contributed by atoms with Gasteiger partial charge in [0, 0.05) is 0 Å². The second-order valence-corrected chi connectivity index (χ2v) is 7.17. The molecule has 0 fully saturated rings. The molecule has 122 valence electrons. The number of allylic oxidation sites excluding steroid dienone is 7. The highest BCUT2D eigenvalue weighted by Gasteiger charge is 2.48. The smallest absolute Gasteiger partial charge is 0.111 e. The molecule has 1 unspecified atom stereocenters. The van der Waals surface area contributed by atoms with E-state index in [0.717, 1.165) is 0 Å². The van der Waals surface area contributed by atoms with Crippen molar-refractivity contribution in [3.63, 3.8) is 0 Å². The lowest BCUT2D eigenvalue weighted by Crippen LogP contribution is -2.29. The Morgan fingerprint density at radius 2 is 1.23 bits per heavy atom. The van der Waals surface area contributed by atoms with E-state index in [0.29, 0.717) is 5.76 Å². The first kappa shape index (κ1) is 13.9. The molecule has 4 aliphatic rings. The van der Waals surface area contributed by atoms with Gasteiger partial charge in [0.25, 0.3) is 0 Å². The number of aliphatic hydroxyl groups is 1. The van der Waals surface area contributed by atoms with Crippen LogP contribution in [0.2, 0.25) is 0 Å². The number of hydrogen-bond acceptors (Lipinski definition) is 1. The second-order valence-electron chi connectivity index (χ2n) is 7.17. The summed E-state index contributed by atoms with van der Waals surface area (Å²) in [7, 11) is 0. The molecule has 0 radical (unpaired) electrons. The molecule has 0 saturated carbocycles. The van der Waals surface area contributed by atoms with Gasteiger partial charge in [0.2, 0.25) is 0 Å². The predicted molar refractivity (Wildman–Crippen MR) is 107 cm³/mol. The van der Waals surface area contributed by atoms with Crippen LogP contribution in [0.3, 0.4) is 0 Å². The molecule has 1 heteroatoms. The second kappa shape index (κ2) is 4.64. The molecule has 0 saturated heterocycles. The molecule has 1 spiro atoms. The average Bonchev–Trinajstić information content (AvgIpc) is 3.24. The molecule has 0 aromatic heterocycles. The molecular formula is C25H16O. The van der Waals surface area contributed by atoms with E-state index in [1.54, 1.807) is 0 Å². The van der Waals surface area contributed by atoms with Crippen molar-refractivity contribution < 1.29 is 5.11 Å². The van der Waals surface area contributed by atoms with Gasteiger partial charge in [0.1, 0.15) is 5.76 Å². The van der Waals surface area contributed by atoms with Crippen LogP contribution in [0, 0.1) is 5.41 Å². The Labute approximate surface area is 152 Å². The van der Waals surface area contributed by atoms with Gasteiger partial charge in [-0.25, -0.2) is 0 Å². The van der Waals surface area contributed by atoms with Gasteiger partial charge in [-0.05, 0) is 62.8 Å². The zero-order chi connectivity index (χ0) is 17.3. The van der Waals surface area contributed by atoms with Crippen LogP contribution in [0.15, 0.2) is 95.8 Å². The number of fused-ring (bicyclic) bond motifs is 8. The molecule has 2 aromatic rings. The van der Waals surface area contributed by atoms with Crippen LogP contribution in [0.4, 0.5) is 0 Å². The summed E-state index contributed by atoms with van der Waals surface area (Å²) >= 11 is 0. The lowest BCUT2D eigenvalue weighted by molar-refractivity contribution is 0.333. The van der Waals surface area contributed by atoms with Crippen molar-refractivity contribution in [2.24, 2.45) is 5.41 Å². The van der Waals surface area contributed by atoms with E-state index in [4.69, 9.17) is 0 Å². The highest BCUT2D eigenvalue weighted by atomic mass is 16.3. The quantitative estimate of drug-likeness (QED) is 0.631. The van der Waals surface area contributed by atoms with Gasteiger partial charge in [0.15, 0.2) is 0 Å². The Hall–Kier alpha value is -3.32. The molecule has 2 aromatic carbocycles. The maximum atomic E-state index is 11.1. The molecule has 0 heterocycles. The lowest BCUT2D eigenvalue weighted by atomic mass is 9.64. The molecule has 0 aliphatic heterocycles. The number of aliphatic hydroxyl groups excluding tert-OH is 1. The van der Waals surface area contributed by atoms with Crippen molar-refractivity contribution in [2.75, 3.05) is 0 Å². The fraction of sp³-hybridized carbons (Fsp3) is 0.0400. The van der Waals surface area contributed by atoms with Gasteiger partial charge in [-0.1, -0.05) is 72.8 Å². The van der Waals surface area contributed by atoms with E-state index >= 15 is 0 Å². The fourth-order valence-corrected chi connectivity index (χ4v) is 4.77. The largest absolute Gasteiger partial charge is 0.511 e. The molecule has 1 atom stereocenters. The van der Waals surface area contributed by atoms with Gasteiger partial charge in [-0.3, -0.25) is 0 Å². The van der Waals surface area contributed by atoms with Gasteiger partial charge in [-0.2, -0.15) is 0 Å². The summed E-state index contributed by atoms with van der Waals surface area (Å²) in [6.45, 7) is 0. The topological polar surface area (TPSA) is 20.2 Å². The standard InChI is InChI=1S/C25H16O/c26-24-12-11-21-19-9-4-2-7-17(19)15-23(21)25(24)13-5-10-20-18-8-3-1-6-16(18)14-22(20)25/h1-15,26H. The van der Waals surface area contributed by atoms with Gasteiger partial charge < -0.3 is 5.11 Å². The third-order valence-electron chi connectivity index (χ3n) is 5.95. The number of rotatable bonds is 0. The Morgan fingerprint density at radius 1 is 0.654 bits per heavy atom. The van der Waals surface area contributed by atoms with Crippen molar-refractivity contribution in [3.05, 3.63) is 118 Å². The van der Waals surface area contributed by atoms with Crippen LogP contribution in [0.25, 0.3) is 23.3 Å². The molecule has 6 rings (SSSR count). The van der Waals surface area contributed by atoms with Crippen molar-refractivity contribution >= 4 is 23.3 Å². The maximum absolute atomic E-state index is 11.1. The summed E-state index contributed by atoms with van der Waals surface area (Å²) in [5.74, 6) is 0.390. The Kier molecular flexibility index (Phi) is 2.49. The van der Waals surface area contributed by atoms with Crippen LogP contribution < -0.4 is 0 Å². The van der Waals surface area contributed by atoms with Crippen molar-refractivity contribution in [1.82, 2.24) is 0 Å². The highest BCUT2D eigenvalue weighted by molar-refractivity contribution is 6.05. The number of benzene rings is 2. The van der Waals surface area contributed by atoms with Crippen LogP contribution in [0.1, 0.15) is 22.3 Å². The summed E-state index contributed by atoms with van der Waals surface area (Å²) in [6.07, 6.45) is 14.8. The summed E-state index contributed by atoms with van der Waals surface area (Å²) < 4.78 is 0. The fourth-order valence-electron chi connectivity index (χ4n) is 4.77. The Balaban J connectivity index is 1.63. The average molecular weight is 332 g/mol. The Bertz CT molecular complexity index is 1160. The molecule has 1 N–H and O–H groups in total. The highest BCUT2D eigenvalue weighted by Crippen LogP contribution is 2.60. The Morgan fingerprint density at radius 3 is 1.88 bits per heavy atom. The first-order valence-electron chi connectivity index (χ1n) is 8.94. The van der Waals surface area contributed by atoms with Crippen molar-refractivity contribution in [3.8, 4) is 0 Å². The van der Waals surface area contributed by atoms with Gasteiger partial charge >= 0.3 is 0 Å². The van der Waals surface area contributed by atoms with Crippen molar-refractivity contribution in [1.29, 1.82) is 0 Å². The first-order valence-corrected chi connectivity index (χ1v) is 8.94. The van der Waals surface area contributed by atoms with E-state index in [1.165, 1.54) is 44.5 Å². The van der Waals surface area contributed by atoms with Gasteiger partial charge in [0.05, 0.1) is 5.41 Å². The monoisotopic (exact) mass is 332 g/mol.